The summed E-state index contributed by atoms with van der Waals surface area (Å²) in [7, 11) is 0. The molecule has 1 aromatic carbocycles. The molecule has 0 radical (unpaired) electrons. The van der Waals surface area contributed by atoms with Gasteiger partial charge >= 0.3 is 0 Å². The van der Waals surface area contributed by atoms with E-state index in [1.54, 1.807) is 12.1 Å². The van der Waals surface area contributed by atoms with E-state index in [0.717, 1.165) is 30.2 Å². The van der Waals surface area contributed by atoms with Crippen LogP contribution in [-0.4, -0.2) is 29.2 Å². The predicted molar refractivity (Wildman–Crippen MR) is 106 cm³/mol. The summed E-state index contributed by atoms with van der Waals surface area (Å²) in [6.45, 7) is 0. The van der Waals surface area contributed by atoms with Gasteiger partial charge in [-0.2, -0.15) is 0 Å². The zero-order chi connectivity index (χ0) is 17.8. The molecule has 1 atom stereocenters. The van der Waals surface area contributed by atoms with Gasteiger partial charge in [-0.25, -0.2) is 0 Å². The van der Waals surface area contributed by atoms with Crippen molar-refractivity contribution in [3.63, 3.8) is 0 Å². The molecule has 1 aliphatic heterocycles. The first-order valence-electron chi connectivity index (χ1n) is 8.54. The standard InChI is InChI=1S/C18H20BrN3O2S/c19-12-7-9-14(10-8-12)22-17(24)15(16(23)21-18(22)25)11-20-13-5-3-1-2-4-6-13/h7-11,13,15H,1-6H2,(H,21,23,25)/t15-/m1/s1. The average Bonchev–Trinajstić information content (AvgIpc) is 2.85. The van der Waals surface area contributed by atoms with Crippen LogP contribution in [0.2, 0.25) is 0 Å². The minimum absolute atomic E-state index is 0.108. The number of benzene rings is 1. The number of halogens is 1. The monoisotopic (exact) mass is 421 g/mol. The molecule has 0 bridgehead atoms. The molecule has 1 heterocycles. The third-order valence-electron chi connectivity index (χ3n) is 4.56. The van der Waals surface area contributed by atoms with E-state index in [1.165, 1.54) is 24.0 Å². The molecule has 5 nitrogen and oxygen atoms in total. The highest BCUT2D eigenvalue weighted by Gasteiger charge is 2.38. The highest BCUT2D eigenvalue weighted by Crippen LogP contribution is 2.23. The first-order chi connectivity index (χ1) is 12.1. The first-order valence-corrected chi connectivity index (χ1v) is 9.74. The molecule has 1 aromatic rings. The van der Waals surface area contributed by atoms with Crippen molar-refractivity contribution in [3.8, 4) is 0 Å². The number of thiocarbonyl (C=S) groups is 1. The number of aliphatic imine (C=N–C) groups is 1. The Morgan fingerprint density at radius 3 is 2.40 bits per heavy atom. The average molecular weight is 422 g/mol. The topological polar surface area (TPSA) is 61.8 Å². The largest absolute Gasteiger partial charge is 0.301 e. The van der Waals surface area contributed by atoms with E-state index in [0.29, 0.717) is 5.69 Å². The maximum Gasteiger partial charge on any atom is 0.251 e. The summed E-state index contributed by atoms with van der Waals surface area (Å²) in [5, 5.41) is 2.73. The van der Waals surface area contributed by atoms with E-state index in [2.05, 4.69) is 26.2 Å². The third kappa shape index (κ3) is 4.33. The fourth-order valence-corrected chi connectivity index (χ4v) is 3.73. The zero-order valence-electron chi connectivity index (χ0n) is 13.8. The lowest BCUT2D eigenvalue weighted by molar-refractivity contribution is -0.130. The lowest BCUT2D eigenvalue weighted by Gasteiger charge is -2.31. The molecular formula is C18H20BrN3O2S. The maximum atomic E-state index is 12.8. The highest BCUT2D eigenvalue weighted by molar-refractivity contribution is 9.10. The molecule has 2 amide bonds. The van der Waals surface area contributed by atoms with Gasteiger partial charge in [-0.1, -0.05) is 41.6 Å². The Hall–Kier alpha value is -1.60. The highest BCUT2D eigenvalue weighted by atomic mass is 79.9. The Balaban J connectivity index is 1.78. The van der Waals surface area contributed by atoms with Crippen LogP contribution < -0.4 is 10.2 Å². The fourth-order valence-electron chi connectivity index (χ4n) is 3.17. The van der Waals surface area contributed by atoms with Crippen LogP contribution in [0.5, 0.6) is 0 Å². The van der Waals surface area contributed by atoms with Crippen molar-refractivity contribution in [1.82, 2.24) is 5.32 Å². The smallest absolute Gasteiger partial charge is 0.251 e. The third-order valence-corrected chi connectivity index (χ3v) is 5.37. The normalized spacial score (nSPS) is 23.0. The number of carbonyl (C=O) groups excluding carboxylic acids is 2. The van der Waals surface area contributed by atoms with E-state index >= 15 is 0 Å². The number of nitrogens with one attached hydrogen (secondary N) is 1. The predicted octanol–water partition coefficient (Wildman–Crippen LogP) is 3.61. The summed E-state index contributed by atoms with van der Waals surface area (Å²) in [5.74, 6) is -1.69. The molecule has 2 aliphatic rings. The van der Waals surface area contributed by atoms with Gasteiger partial charge in [-0.3, -0.25) is 19.5 Å². The summed E-state index contributed by atoms with van der Waals surface area (Å²) in [4.78, 5) is 31.0. The van der Waals surface area contributed by atoms with Gasteiger partial charge in [-0.05, 0) is 49.3 Å². The Bertz CT molecular complexity index is 697. The molecule has 0 spiro atoms. The number of rotatable bonds is 3. The number of anilines is 1. The van der Waals surface area contributed by atoms with Crippen molar-refractivity contribution in [2.45, 2.75) is 44.6 Å². The minimum atomic E-state index is -0.932. The molecule has 0 aromatic heterocycles. The Morgan fingerprint density at radius 1 is 1.12 bits per heavy atom. The second-order valence-corrected chi connectivity index (χ2v) is 7.67. The van der Waals surface area contributed by atoms with E-state index in [-0.39, 0.29) is 17.1 Å². The summed E-state index contributed by atoms with van der Waals surface area (Å²) in [6, 6.07) is 7.43. The van der Waals surface area contributed by atoms with Crippen LogP contribution in [0, 0.1) is 5.92 Å². The van der Waals surface area contributed by atoms with Crippen molar-refractivity contribution in [2.24, 2.45) is 10.9 Å². The fraction of sp³-hybridized carbons (Fsp3) is 0.444. The van der Waals surface area contributed by atoms with E-state index < -0.39 is 11.8 Å². The molecule has 25 heavy (non-hydrogen) atoms. The van der Waals surface area contributed by atoms with Crippen LogP contribution >= 0.6 is 28.1 Å². The Kier molecular flexibility index (Phi) is 5.96. The maximum absolute atomic E-state index is 12.8. The number of carbonyl (C=O) groups is 2. The van der Waals surface area contributed by atoms with Gasteiger partial charge in [0.1, 0.15) is 0 Å². The summed E-state index contributed by atoms with van der Waals surface area (Å²) in [6.07, 6.45) is 8.34. The van der Waals surface area contributed by atoms with Crippen LogP contribution in [0.4, 0.5) is 5.69 Å². The zero-order valence-corrected chi connectivity index (χ0v) is 16.2. The van der Waals surface area contributed by atoms with Gasteiger partial charge in [0.25, 0.3) is 5.91 Å². The van der Waals surface area contributed by atoms with E-state index in [1.807, 2.05) is 12.1 Å². The Labute approximate surface area is 161 Å². The summed E-state index contributed by atoms with van der Waals surface area (Å²) < 4.78 is 0.905. The van der Waals surface area contributed by atoms with Crippen molar-refractivity contribution >= 4 is 57.0 Å². The van der Waals surface area contributed by atoms with E-state index in [9.17, 15) is 9.59 Å². The van der Waals surface area contributed by atoms with Gasteiger partial charge in [0.2, 0.25) is 5.91 Å². The molecule has 1 saturated heterocycles. The molecule has 2 fully saturated rings. The van der Waals surface area contributed by atoms with E-state index in [4.69, 9.17) is 12.2 Å². The summed E-state index contributed by atoms with van der Waals surface area (Å²) in [5.41, 5.74) is 0.631. The Morgan fingerprint density at radius 2 is 1.76 bits per heavy atom. The van der Waals surface area contributed by atoms with Crippen LogP contribution in [0.15, 0.2) is 33.7 Å². The molecule has 7 heteroatoms. The van der Waals surface area contributed by atoms with Crippen LogP contribution in [0.3, 0.4) is 0 Å². The van der Waals surface area contributed by atoms with Crippen molar-refractivity contribution in [3.05, 3.63) is 28.7 Å². The van der Waals surface area contributed by atoms with Gasteiger partial charge in [-0.15, -0.1) is 0 Å². The molecule has 1 N–H and O–H groups in total. The molecule has 1 saturated carbocycles. The molecule has 132 valence electrons. The van der Waals surface area contributed by atoms with Crippen molar-refractivity contribution < 1.29 is 9.59 Å². The van der Waals surface area contributed by atoms with Gasteiger partial charge in [0.15, 0.2) is 11.0 Å². The van der Waals surface area contributed by atoms with Crippen molar-refractivity contribution in [2.75, 3.05) is 4.90 Å². The van der Waals surface area contributed by atoms with Crippen LogP contribution in [0.25, 0.3) is 0 Å². The SMILES string of the molecule is O=C1NC(=S)N(c2ccc(Br)cc2)C(=O)[C@@H]1C=NC1CCCCCC1. The lowest BCUT2D eigenvalue weighted by Crippen LogP contribution is -2.58. The molecule has 1 aliphatic carbocycles. The number of hydrogen-bond acceptors (Lipinski definition) is 4. The molecule has 3 rings (SSSR count). The number of hydrogen-bond donors (Lipinski definition) is 1. The first kappa shape index (κ1) is 18.2. The minimum Gasteiger partial charge on any atom is -0.301 e. The van der Waals surface area contributed by atoms with Crippen LogP contribution in [-0.2, 0) is 9.59 Å². The second kappa shape index (κ2) is 8.19. The van der Waals surface area contributed by atoms with Crippen LogP contribution in [0.1, 0.15) is 38.5 Å². The quantitative estimate of drug-likeness (QED) is 0.351. The van der Waals surface area contributed by atoms with Gasteiger partial charge < -0.3 is 5.32 Å². The van der Waals surface area contributed by atoms with Crippen molar-refractivity contribution in [1.29, 1.82) is 0 Å². The summed E-state index contributed by atoms with van der Waals surface area (Å²) >= 11 is 8.56. The number of amides is 2. The van der Waals surface area contributed by atoms with Gasteiger partial charge in [0.05, 0.1) is 5.69 Å². The van der Waals surface area contributed by atoms with Gasteiger partial charge in [0, 0.05) is 16.7 Å². The molecule has 0 unspecified atom stereocenters. The lowest BCUT2D eigenvalue weighted by atomic mass is 10.0. The second-order valence-electron chi connectivity index (χ2n) is 6.37. The number of nitrogens with zero attached hydrogens (tertiary/aromatic N) is 2. The molecular weight excluding hydrogens is 402 g/mol.